The molecule has 0 saturated carbocycles. The summed E-state index contributed by atoms with van der Waals surface area (Å²) in [6.07, 6.45) is 0. The molecule has 3 rings (SSSR count). The molecule has 1 N–H and O–H groups in total. The van der Waals surface area contributed by atoms with Crippen molar-refractivity contribution in [2.45, 2.75) is 13.1 Å². The monoisotopic (exact) mass is 229 g/mol. The van der Waals surface area contributed by atoms with Crippen LogP contribution in [0.15, 0.2) is 24.3 Å². The van der Waals surface area contributed by atoms with Crippen molar-refractivity contribution in [3.8, 4) is 17.0 Å². The van der Waals surface area contributed by atoms with Crippen LogP contribution in [0.1, 0.15) is 11.3 Å². The average Bonchev–Trinajstić information content (AvgIpc) is 2.88. The van der Waals surface area contributed by atoms with Crippen LogP contribution < -0.4 is 10.1 Å². The lowest BCUT2D eigenvalue weighted by molar-refractivity contribution is 0.415. The molecule has 4 nitrogen and oxygen atoms in total. The normalized spacial score (nSPS) is 13.8. The van der Waals surface area contributed by atoms with Gasteiger partial charge in [0.05, 0.1) is 18.5 Å². The summed E-state index contributed by atoms with van der Waals surface area (Å²) in [7, 11) is 3.68. The Morgan fingerprint density at radius 2 is 2.24 bits per heavy atom. The molecule has 1 aliphatic heterocycles. The maximum Gasteiger partial charge on any atom is 0.119 e. The SMILES string of the molecule is COc1cccc(-c2c3c(nn2C)CNC3)c1. The molecule has 1 aromatic carbocycles. The number of aryl methyl sites for hydroxylation is 1. The summed E-state index contributed by atoms with van der Waals surface area (Å²) in [4.78, 5) is 0. The molecule has 17 heavy (non-hydrogen) atoms. The van der Waals surface area contributed by atoms with Crippen LogP contribution in [0, 0.1) is 0 Å². The molecule has 0 bridgehead atoms. The lowest BCUT2D eigenvalue weighted by Gasteiger charge is -2.07. The Bertz CT molecular complexity index is 560. The standard InChI is InChI=1S/C13H15N3O/c1-16-13(11-7-14-8-12(11)15-16)9-4-3-5-10(6-9)17-2/h3-6,14H,7-8H2,1-2H3. The molecule has 1 aliphatic rings. The highest BCUT2D eigenvalue weighted by Gasteiger charge is 2.21. The highest BCUT2D eigenvalue weighted by Crippen LogP contribution is 2.30. The van der Waals surface area contributed by atoms with Crippen LogP contribution >= 0.6 is 0 Å². The number of methoxy groups -OCH3 is 1. The first-order valence-corrected chi connectivity index (χ1v) is 5.69. The summed E-state index contributed by atoms with van der Waals surface area (Å²) < 4.78 is 7.23. The minimum atomic E-state index is 0.868. The highest BCUT2D eigenvalue weighted by atomic mass is 16.5. The fraction of sp³-hybridized carbons (Fsp3) is 0.308. The lowest BCUT2D eigenvalue weighted by atomic mass is 10.1. The van der Waals surface area contributed by atoms with E-state index in [-0.39, 0.29) is 0 Å². The van der Waals surface area contributed by atoms with Crippen LogP contribution in [0.4, 0.5) is 0 Å². The molecule has 88 valence electrons. The van der Waals surface area contributed by atoms with Crippen LogP contribution in [0.3, 0.4) is 0 Å². The number of hydrogen-bond donors (Lipinski definition) is 1. The molecular formula is C13H15N3O. The van der Waals surface area contributed by atoms with Gasteiger partial charge in [0.15, 0.2) is 0 Å². The van der Waals surface area contributed by atoms with E-state index in [1.165, 1.54) is 11.3 Å². The molecule has 0 aliphatic carbocycles. The number of nitrogens with zero attached hydrogens (tertiary/aromatic N) is 2. The summed E-state index contributed by atoms with van der Waals surface area (Å²) in [6.45, 7) is 1.77. The van der Waals surface area contributed by atoms with Crippen LogP contribution in [-0.4, -0.2) is 16.9 Å². The van der Waals surface area contributed by atoms with E-state index in [0.717, 1.165) is 30.1 Å². The van der Waals surface area contributed by atoms with Gasteiger partial charge in [-0.1, -0.05) is 12.1 Å². The minimum absolute atomic E-state index is 0.868. The number of aromatic nitrogens is 2. The van der Waals surface area contributed by atoms with Crippen molar-refractivity contribution in [2.24, 2.45) is 7.05 Å². The smallest absolute Gasteiger partial charge is 0.119 e. The number of fused-ring (bicyclic) bond motifs is 1. The van der Waals surface area contributed by atoms with Crippen molar-refractivity contribution in [1.82, 2.24) is 15.1 Å². The van der Waals surface area contributed by atoms with Crippen LogP contribution in [0.25, 0.3) is 11.3 Å². The first-order valence-electron chi connectivity index (χ1n) is 5.69. The Labute approximate surface area is 100 Å². The largest absolute Gasteiger partial charge is 0.497 e. The van der Waals surface area contributed by atoms with E-state index in [0.29, 0.717) is 0 Å². The molecule has 0 spiro atoms. The zero-order chi connectivity index (χ0) is 11.8. The van der Waals surface area contributed by atoms with Gasteiger partial charge in [0, 0.05) is 31.3 Å². The van der Waals surface area contributed by atoms with Crippen molar-refractivity contribution in [3.05, 3.63) is 35.5 Å². The third kappa shape index (κ3) is 1.61. The summed E-state index contributed by atoms with van der Waals surface area (Å²) in [5, 5.41) is 7.86. The second-order valence-corrected chi connectivity index (χ2v) is 4.23. The lowest BCUT2D eigenvalue weighted by Crippen LogP contribution is -2.06. The van der Waals surface area contributed by atoms with E-state index in [1.54, 1.807) is 7.11 Å². The molecule has 0 radical (unpaired) electrons. The van der Waals surface area contributed by atoms with Gasteiger partial charge < -0.3 is 10.1 Å². The average molecular weight is 229 g/mol. The molecule has 0 amide bonds. The fourth-order valence-electron chi connectivity index (χ4n) is 2.39. The van der Waals surface area contributed by atoms with Gasteiger partial charge in [-0.25, -0.2) is 0 Å². The second-order valence-electron chi connectivity index (χ2n) is 4.23. The maximum atomic E-state index is 5.27. The van der Waals surface area contributed by atoms with Crippen LogP contribution in [0.5, 0.6) is 5.75 Å². The molecule has 1 aromatic heterocycles. The number of nitrogens with one attached hydrogen (secondary N) is 1. The van der Waals surface area contributed by atoms with E-state index >= 15 is 0 Å². The molecule has 4 heteroatoms. The van der Waals surface area contributed by atoms with Crippen molar-refractivity contribution in [1.29, 1.82) is 0 Å². The van der Waals surface area contributed by atoms with Crippen molar-refractivity contribution in [2.75, 3.05) is 7.11 Å². The molecular weight excluding hydrogens is 214 g/mol. The van der Waals surface area contributed by atoms with Crippen LogP contribution in [0.2, 0.25) is 0 Å². The van der Waals surface area contributed by atoms with Crippen molar-refractivity contribution >= 4 is 0 Å². The third-order valence-corrected chi connectivity index (χ3v) is 3.17. The summed E-state index contributed by atoms with van der Waals surface area (Å²) in [5.74, 6) is 0.878. The number of hydrogen-bond acceptors (Lipinski definition) is 3. The predicted molar refractivity (Wildman–Crippen MR) is 65.7 cm³/mol. The Morgan fingerprint density at radius 3 is 3.06 bits per heavy atom. The van der Waals surface area contributed by atoms with Gasteiger partial charge in [-0.05, 0) is 12.1 Å². The molecule has 0 fully saturated rings. The van der Waals surface area contributed by atoms with Gasteiger partial charge >= 0.3 is 0 Å². The molecule has 0 saturated heterocycles. The van der Waals surface area contributed by atoms with Crippen LogP contribution in [-0.2, 0) is 20.1 Å². The first kappa shape index (κ1) is 10.4. The Balaban J connectivity index is 2.14. The Hall–Kier alpha value is -1.81. The van der Waals surface area contributed by atoms with Gasteiger partial charge in [0.25, 0.3) is 0 Å². The second kappa shape index (κ2) is 3.89. The molecule has 2 aromatic rings. The van der Waals surface area contributed by atoms with Gasteiger partial charge in [0.2, 0.25) is 0 Å². The number of benzene rings is 1. The highest BCUT2D eigenvalue weighted by molar-refractivity contribution is 5.66. The third-order valence-electron chi connectivity index (χ3n) is 3.17. The number of ether oxygens (including phenoxy) is 1. The summed E-state index contributed by atoms with van der Waals surface area (Å²) >= 11 is 0. The first-order chi connectivity index (χ1) is 8.29. The molecule has 2 heterocycles. The summed E-state index contributed by atoms with van der Waals surface area (Å²) in [5.41, 5.74) is 4.80. The quantitative estimate of drug-likeness (QED) is 0.852. The van der Waals surface area contributed by atoms with Crippen molar-refractivity contribution in [3.63, 3.8) is 0 Å². The van der Waals surface area contributed by atoms with E-state index in [1.807, 2.05) is 23.9 Å². The van der Waals surface area contributed by atoms with E-state index in [9.17, 15) is 0 Å². The maximum absolute atomic E-state index is 5.27. The number of rotatable bonds is 2. The van der Waals surface area contributed by atoms with E-state index in [4.69, 9.17) is 4.74 Å². The summed E-state index contributed by atoms with van der Waals surface area (Å²) in [6, 6.07) is 8.11. The Kier molecular flexibility index (Phi) is 2.37. The van der Waals surface area contributed by atoms with Gasteiger partial charge in [-0.15, -0.1) is 0 Å². The van der Waals surface area contributed by atoms with Crippen molar-refractivity contribution < 1.29 is 4.74 Å². The fourth-order valence-corrected chi connectivity index (χ4v) is 2.39. The topological polar surface area (TPSA) is 39.1 Å². The Morgan fingerprint density at radius 1 is 1.35 bits per heavy atom. The zero-order valence-corrected chi connectivity index (χ0v) is 10.0. The van der Waals surface area contributed by atoms with E-state index < -0.39 is 0 Å². The van der Waals surface area contributed by atoms with Gasteiger partial charge in [-0.2, -0.15) is 5.10 Å². The molecule has 0 atom stereocenters. The van der Waals surface area contributed by atoms with E-state index in [2.05, 4.69) is 22.5 Å². The van der Waals surface area contributed by atoms with Gasteiger partial charge in [-0.3, -0.25) is 4.68 Å². The van der Waals surface area contributed by atoms with Gasteiger partial charge in [0.1, 0.15) is 5.75 Å². The predicted octanol–water partition coefficient (Wildman–Crippen LogP) is 1.70. The minimum Gasteiger partial charge on any atom is -0.497 e. The zero-order valence-electron chi connectivity index (χ0n) is 10.0. The molecule has 0 unspecified atom stereocenters.